The second kappa shape index (κ2) is 11.2. The first-order chi connectivity index (χ1) is 18.8. The van der Waals surface area contributed by atoms with Crippen molar-refractivity contribution in [1.82, 2.24) is 0 Å². The van der Waals surface area contributed by atoms with Gasteiger partial charge in [0.25, 0.3) is 0 Å². The summed E-state index contributed by atoms with van der Waals surface area (Å²) in [6.45, 7) is 14.9. The highest BCUT2D eigenvalue weighted by atomic mass is 16.7. The molecular weight excluding hydrogens is 534 g/mol. The Morgan fingerprint density at radius 3 is 1.59 bits per heavy atom. The van der Waals surface area contributed by atoms with Crippen molar-refractivity contribution in [1.29, 1.82) is 0 Å². The number of ketones is 1. The molecule has 3 rings (SSSR count). The molecule has 0 saturated carbocycles. The van der Waals surface area contributed by atoms with E-state index in [2.05, 4.69) is 4.99 Å². The summed E-state index contributed by atoms with van der Waals surface area (Å²) in [5, 5.41) is 0. The molecule has 11 heteroatoms. The minimum Gasteiger partial charge on any atom is -0.496 e. The van der Waals surface area contributed by atoms with Crippen LogP contribution < -0.4 is 14.2 Å². The van der Waals surface area contributed by atoms with Crippen molar-refractivity contribution in [2.24, 2.45) is 4.99 Å². The lowest BCUT2D eigenvalue weighted by molar-refractivity contribution is 0.0184. The number of ether oxygens (including phenoxy) is 6. The van der Waals surface area contributed by atoms with E-state index in [-0.39, 0.29) is 45.2 Å². The number of aliphatic imine (C=N–C) groups is 1. The Hall–Kier alpha value is -4.41. The second-order valence-corrected chi connectivity index (χ2v) is 12.1. The van der Waals surface area contributed by atoms with Crippen LogP contribution in [0.25, 0.3) is 0 Å². The highest BCUT2D eigenvalue weighted by Crippen LogP contribution is 2.42. The molecule has 41 heavy (non-hydrogen) atoms. The number of amides is 1. The fraction of sp³-hybridized carbons (Fsp3) is 0.433. The van der Waals surface area contributed by atoms with Gasteiger partial charge < -0.3 is 28.4 Å². The second-order valence-electron chi connectivity index (χ2n) is 12.1. The summed E-state index contributed by atoms with van der Waals surface area (Å²) in [6.07, 6.45) is -3.13. The molecule has 0 radical (unpaired) electrons. The van der Waals surface area contributed by atoms with E-state index in [9.17, 15) is 19.2 Å². The molecule has 0 bridgehead atoms. The molecule has 0 N–H and O–H groups in total. The maximum absolute atomic E-state index is 14.0. The van der Waals surface area contributed by atoms with Crippen molar-refractivity contribution in [3.63, 3.8) is 0 Å². The van der Waals surface area contributed by atoms with Crippen LogP contribution in [-0.2, 0) is 14.2 Å². The van der Waals surface area contributed by atoms with E-state index in [0.29, 0.717) is 0 Å². The molecule has 11 nitrogen and oxygen atoms in total. The summed E-state index contributed by atoms with van der Waals surface area (Å²) in [7, 11) is 1.39. The first-order valence-electron chi connectivity index (χ1n) is 12.8. The normalized spacial score (nSPS) is 14.0. The molecule has 0 spiro atoms. The van der Waals surface area contributed by atoms with Crippen LogP contribution in [0.3, 0.4) is 0 Å². The van der Waals surface area contributed by atoms with E-state index in [1.165, 1.54) is 25.3 Å². The number of carbonyl (C=O) groups excluding carboxylic acids is 4. The molecule has 0 unspecified atom stereocenters. The first kappa shape index (κ1) is 31.1. The topological polar surface area (TPSA) is 136 Å². The van der Waals surface area contributed by atoms with Gasteiger partial charge in [-0.25, -0.2) is 14.4 Å². The Balaban J connectivity index is 2.34. The quantitative estimate of drug-likeness (QED) is 0.192. The van der Waals surface area contributed by atoms with Gasteiger partial charge in [0.15, 0.2) is 5.78 Å². The fourth-order valence-electron chi connectivity index (χ4n) is 3.80. The molecule has 2 aromatic rings. The average Bonchev–Trinajstić information content (AvgIpc) is 2.78. The van der Waals surface area contributed by atoms with Gasteiger partial charge in [0, 0.05) is 5.56 Å². The Morgan fingerprint density at radius 2 is 1.12 bits per heavy atom. The molecule has 1 aliphatic rings. The van der Waals surface area contributed by atoms with E-state index in [0.717, 1.165) is 0 Å². The van der Waals surface area contributed by atoms with Crippen LogP contribution >= 0.6 is 0 Å². The number of hydrogen-bond acceptors (Lipinski definition) is 10. The van der Waals surface area contributed by atoms with Gasteiger partial charge in [0.2, 0.25) is 0 Å². The smallest absolute Gasteiger partial charge is 0.496 e. The Bertz CT molecular complexity index is 1420. The third-order valence-corrected chi connectivity index (χ3v) is 5.08. The number of nitrogens with zero attached hydrogens (tertiary/aromatic N) is 1. The molecule has 0 fully saturated rings. The molecular formula is C30H35NO10. The van der Waals surface area contributed by atoms with E-state index in [4.69, 9.17) is 28.4 Å². The predicted octanol–water partition coefficient (Wildman–Crippen LogP) is 6.64. The fourth-order valence-corrected chi connectivity index (χ4v) is 3.80. The summed E-state index contributed by atoms with van der Waals surface area (Å²) in [5.74, 6) is -0.783. The number of hydrogen-bond donors (Lipinski definition) is 0. The van der Waals surface area contributed by atoms with Crippen LogP contribution in [0.15, 0.2) is 35.3 Å². The lowest BCUT2D eigenvalue weighted by atomic mass is 9.82. The summed E-state index contributed by atoms with van der Waals surface area (Å²) in [4.78, 5) is 56.5. The van der Waals surface area contributed by atoms with Crippen LogP contribution in [0, 0.1) is 0 Å². The van der Waals surface area contributed by atoms with E-state index in [1.54, 1.807) is 74.4 Å². The highest BCUT2D eigenvalue weighted by molar-refractivity contribution is 6.34. The third kappa shape index (κ3) is 7.84. The molecule has 0 aliphatic heterocycles. The minimum atomic E-state index is -1.07. The standard InChI is InChI=1S/C30H35NO10/c1-28(2,3)39-25(33)31-23-20-16(12-11-13-17(20)36-10)24(32)22-19(38-27(35)41-30(7,8)9)15-14-18(21(22)23)37-26(34)40-29(4,5)6/h11-15H,1-10H3/b31-23+. The SMILES string of the molecule is COc1cccc2c1/C(=N\C(=O)OC(C)(C)C)c1c(OC(=O)OC(C)(C)C)ccc(OC(=O)OC(C)(C)C)c1C2=O. The maximum Gasteiger partial charge on any atom is 0.514 e. The largest absolute Gasteiger partial charge is 0.514 e. The van der Waals surface area contributed by atoms with Crippen molar-refractivity contribution in [2.75, 3.05) is 7.11 Å². The number of benzene rings is 2. The molecule has 2 aromatic carbocycles. The first-order valence-corrected chi connectivity index (χ1v) is 12.8. The van der Waals surface area contributed by atoms with E-state index < -0.39 is 41.0 Å². The molecule has 0 atom stereocenters. The molecule has 1 aliphatic carbocycles. The lowest BCUT2D eigenvalue weighted by Gasteiger charge is -2.27. The highest BCUT2D eigenvalue weighted by Gasteiger charge is 2.38. The van der Waals surface area contributed by atoms with Crippen molar-refractivity contribution < 1.29 is 47.6 Å². The summed E-state index contributed by atoms with van der Waals surface area (Å²) in [5.41, 5.74) is -2.82. The van der Waals surface area contributed by atoms with Crippen LogP contribution in [0.2, 0.25) is 0 Å². The van der Waals surface area contributed by atoms with Crippen molar-refractivity contribution in [3.8, 4) is 17.2 Å². The molecule has 220 valence electrons. The summed E-state index contributed by atoms with van der Waals surface area (Å²) in [6, 6.07) is 7.24. The summed E-state index contributed by atoms with van der Waals surface area (Å²) < 4.78 is 32.5. The Morgan fingerprint density at radius 1 is 0.634 bits per heavy atom. The number of fused-ring (bicyclic) bond motifs is 2. The zero-order valence-electron chi connectivity index (χ0n) is 24.9. The van der Waals surface area contributed by atoms with Crippen molar-refractivity contribution in [3.05, 3.63) is 52.6 Å². The van der Waals surface area contributed by atoms with Crippen molar-refractivity contribution >= 4 is 29.9 Å². The van der Waals surface area contributed by atoms with E-state index >= 15 is 0 Å². The molecule has 0 heterocycles. The van der Waals surface area contributed by atoms with Gasteiger partial charge in [0.1, 0.15) is 34.1 Å². The molecule has 1 amide bonds. The maximum atomic E-state index is 14.0. The third-order valence-electron chi connectivity index (χ3n) is 5.08. The minimum absolute atomic E-state index is 0.0996. The van der Waals surface area contributed by atoms with Gasteiger partial charge in [-0.15, -0.1) is 0 Å². The Labute approximate surface area is 238 Å². The lowest BCUT2D eigenvalue weighted by Crippen LogP contribution is -2.30. The van der Waals surface area contributed by atoms with Crippen LogP contribution in [0.4, 0.5) is 14.4 Å². The van der Waals surface area contributed by atoms with Gasteiger partial charge in [-0.1, -0.05) is 12.1 Å². The van der Waals surface area contributed by atoms with Crippen molar-refractivity contribution in [2.45, 2.75) is 79.1 Å². The van der Waals surface area contributed by atoms with Crippen LogP contribution in [0.5, 0.6) is 17.2 Å². The van der Waals surface area contributed by atoms with Gasteiger partial charge in [0.05, 0.1) is 29.5 Å². The number of methoxy groups -OCH3 is 1. The Kier molecular flexibility index (Phi) is 8.52. The van der Waals surface area contributed by atoms with E-state index in [1.807, 2.05) is 0 Å². The molecule has 0 saturated heterocycles. The monoisotopic (exact) mass is 569 g/mol. The number of rotatable bonds is 3. The van der Waals surface area contributed by atoms with Gasteiger partial charge >= 0.3 is 18.4 Å². The average molecular weight is 570 g/mol. The van der Waals surface area contributed by atoms with Gasteiger partial charge in [-0.3, -0.25) is 4.79 Å². The molecule has 0 aromatic heterocycles. The van der Waals surface area contributed by atoms with Crippen LogP contribution in [0.1, 0.15) is 89.4 Å². The van der Waals surface area contributed by atoms with Crippen LogP contribution in [-0.4, -0.2) is 53.8 Å². The zero-order valence-corrected chi connectivity index (χ0v) is 24.9. The predicted molar refractivity (Wildman–Crippen MR) is 148 cm³/mol. The summed E-state index contributed by atoms with van der Waals surface area (Å²) >= 11 is 0. The zero-order chi connectivity index (χ0) is 30.9. The number of carbonyl (C=O) groups is 4. The van der Waals surface area contributed by atoms with Gasteiger partial charge in [-0.2, -0.15) is 4.99 Å². The van der Waals surface area contributed by atoms with Gasteiger partial charge in [-0.05, 0) is 80.5 Å².